The lowest BCUT2D eigenvalue weighted by molar-refractivity contribution is 0.386. The van der Waals surface area contributed by atoms with Crippen molar-refractivity contribution in [2.75, 3.05) is 7.11 Å². The number of nitrogens with zero attached hydrogens (tertiary/aromatic N) is 1. The van der Waals surface area contributed by atoms with Gasteiger partial charge in [0.05, 0.1) is 7.11 Å². The van der Waals surface area contributed by atoms with E-state index in [1.807, 2.05) is 0 Å². The molecule has 0 unspecified atom stereocenters. The van der Waals surface area contributed by atoms with Crippen LogP contribution in [0, 0.1) is 5.82 Å². The third-order valence-electron chi connectivity index (χ3n) is 1.92. The van der Waals surface area contributed by atoms with E-state index >= 15 is 0 Å². The van der Waals surface area contributed by atoms with Crippen molar-refractivity contribution in [1.82, 2.24) is 9.97 Å². The number of aromatic nitrogens is 2. The van der Waals surface area contributed by atoms with E-state index in [-0.39, 0.29) is 11.6 Å². The van der Waals surface area contributed by atoms with Crippen LogP contribution in [-0.4, -0.2) is 17.1 Å². The van der Waals surface area contributed by atoms with Crippen molar-refractivity contribution in [2.45, 2.75) is 0 Å². The molecular formula is C10H9FN2O. The van der Waals surface area contributed by atoms with Gasteiger partial charge in [-0.1, -0.05) is 0 Å². The van der Waals surface area contributed by atoms with Gasteiger partial charge in [-0.25, -0.2) is 9.37 Å². The maximum Gasteiger partial charge on any atom is 0.165 e. The maximum absolute atomic E-state index is 13.3. The van der Waals surface area contributed by atoms with Crippen molar-refractivity contribution in [2.24, 2.45) is 0 Å². The smallest absolute Gasteiger partial charge is 0.165 e. The summed E-state index contributed by atoms with van der Waals surface area (Å²) in [5, 5.41) is 0. The summed E-state index contributed by atoms with van der Waals surface area (Å²) in [7, 11) is 1.44. The summed E-state index contributed by atoms with van der Waals surface area (Å²) >= 11 is 0. The Morgan fingerprint density at radius 3 is 2.86 bits per heavy atom. The van der Waals surface area contributed by atoms with E-state index in [1.54, 1.807) is 24.5 Å². The number of halogens is 1. The molecular weight excluding hydrogens is 183 g/mol. The van der Waals surface area contributed by atoms with Crippen molar-refractivity contribution in [3.63, 3.8) is 0 Å². The van der Waals surface area contributed by atoms with E-state index in [2.05, 4.69) is 9.97 Å². The minimum atomic E-state index is -0.388. The highest BCUT2D eigenvalue weighted by atomic mass is 19.1. The van der Waals surface area contributed by atoms with E-state index in [9.17, 15) is 4.39 Å². The molecule has 1 N–H and O–H groups in total. The second-order valence-corrected chi connectivity index (χ2v) is 2.79. The molecule has 0 radical (unpaired) electrons. The third kappa shape index (κ3) is 1.46. The highest BCUT2D eigenvalue weighted by Gasteiger charge is 2.05. The Morgan fingerprint density at radius 1 is 1.43 bits per heavy atom. The van der Waals surface area contributed by atoms with Crippen molar-refractivity contribution in [3.05, 3.63) is 36.4 Å². The van der Waals surface area contributed by atoms with Crippen LogP contribution >= 0.6 is 0 Å². The predicted octanol–water partition coefficient (Wildman–Crippen LogP) is 2.22. The lowest BCUT2D eigenvalue weighted by Gasteiger charge is -2.02. The molecule has 2 aromatic rings. The summed E-state index contributed by atoms with van der Waals surface area (Å²) in [5.41, 5.74) is 0.702. The second-order valence-electron chi connectivity index (χ2n) is 2.79. The molecule has 0 bridgehead atoms. The molecule has 0 aliphatic carbocycles. The zero-order chi connectivity index (χ0) is 9.97. The van der Waals surface area contributed by atoms with Crippen molar-refractivity contribution >= 4 is 0 Å². The molecule has 1 heterocycles. The normalized spacial score (nSPS) is 10.1. The summed E-state index contributed by atoms with van der Waals surface area (Å²) in [5.74, 6) is 0.494. The molecule has 0 saturated heterocycles. The van der Waals surface area contributed by atoms with Gasteiger partial charge in [0.15, 0.2) is 11.6 Å². The molecule has 0 spiro atoms. The largest absolute Gasteiger partial charge is 0.494 e. The zero-order valence-corrected chi connectivity index (χ0v) is 7.62. The van der Waals surface area contributed by atoms with Gasteiger partial charge in [-0.15, -0.1) is 0 Å². The van der Waals surface area contributed by atoms with Crippen molar-refractivity contribution < 1.29 is 9.13 Å². The summed E-state index contributed by atoms with van der Waals surface area (Å²) < 4.78 is 18.1. The van der Waals surface area contributed by atoms with Gasteiger partial charge in [0.2, 0.25) is 0 Å². The number of aromatic amines is 1. The first-order valence-corrected chi connectivity index (χ1v) is 4.14. The van der Waals surface area contributed by atoms with E-state index in [0.717, 1.165) is 0 Å². The molecule has 1 aromatic carbocycles. The first-order valence-electron chi connectivity index (χ1n) is 4.14. The molecule has 14 heavy (non-hydrogen) atoms. The fourth-order valence-electron chi connectivity index (χ4n) is 1.24. The van der Waals surface area contributed by atoms with Crippen LogP contribution < -0.4 is 4.74 Å². The fraction of sp³-hybridized carbons (Fsp3) is 0.100. The number of hydrogen-bond donors (Lipinski definition) is 1. The summed E-state index contributed by atoms with van der Waals surface area (Å²) in [6.07, 6.45) is 3.31. The Hall–Kier alpha value is -1.84. The highest BCUT2D eigenvalue weighted by Crippen LogP contribution is 2.22. The first-order chi connectivity index (χ1) is 6.81. The number of ether oxygens (including phenoxy) is 1. The minimum absolute atomic E-state index is 0.236. The highest BCUT2D eigenvalue weighted by molar-refractivity contribution is 5.56. The van der Waals surface area contributed by atoms with Gasteiger partial charge < -0.3 is 9.72 Å². The Balaban J connectivity index is 2.43. The topological polar surface area (TPSA) is 37.9 Å². The van der Waals surface area contributed by atoms with Gasteiger partial charge in [-0.3, -0.25) is 0 Å². The number of rotatable bonds is 2. The Morgan fingerprint density at radius 2 is 2.29 bits per heavy atom. The monoisotopic (exact) mass is 192 g/mol. The minimum Gasteiger partial charge on any atom is -0.494 e. The Kier molecular flexibility index (Phi) is 2.18. The number of imidazole rings is 1. The van der Waals surface area contributed by atoms with Gasteiger partial charge in [0, 0.05) is 18.0 Å². The number of H-pyrrole nitrogens is 1. The maximum atomic E-state index is 13.3. The van der Waals surface area contributed by atoms with Crippen molar-refractivity contribution in [1.29, 1.82) is 0 Å². The molecule has 0 fully saturated rings. The molecule has 2 rings (SSSR count). The van der Waals surface area contributed by atoms with E-state index in [4.69, 9.17) is 4.74 Å². The second kappa shape index (κ2) is 3.49. The molecule has 0 saturated carbocycles. The van der Waals surface area contributed by atoms with E-state index in [1.165, 1.54) is 13.2 Å². The van der Waals surface area contributed by atoms with Gasteiger partial charge >= 0.3 is 0 Å². The molecule has 3 nitrogen and oxygen atoms in total. The van der Waals surface area contributed by atoms with Crippen LogP contribution in [0.1, 0.15) is 0 Å². The van der Waals surface area contributed by atoms with Crippen LogP contribution in [0.25, 0.3) is 11.4 Å². The van der Waals surface area contributed by atoms with Gasteiger partial charge in [0.1, 0.15) is 5.82 Å². The van der Waals surface area contributed by atoms with Gasteiger partial charge in [-0.2, -0.15) is 0 Å². The molecule has 72 valence electrons. The van der Waals surface area contributed by atoms with Crippen LogP contribution in [0.4, 0.5) is 4.39 Å². The predicted molar refractivity (Wildman–Crippen MR) is 50.5 cm³/mol. The van der Waals surface area contributed by atoms with Crippen LogP contribution in [0.3, 0.4) is 0 Å². The first kappa shape index (κ1) is 8.74. The van der Waals surface area contributed by atoms with E-state index < -0.39 is 0 Å². The van der Waals surface area contributed by atoms with Crippen molar-refractivity contribution in [3.8, 4) is 17.1 Å². The van der Waals surface area contributed by atoms with Gasteiger partial charge in [-0.05, 0) is 18.2 Å². The molecule has 1 aromatic heterocycles. The van der Waals surface area contributed by atoms with Crippen LogP contribution in [0.15, 0.2) is 30.6 Å². The average Bonchev–Trinajstić information content (AvgIpc) is 2.70. The fourth-order valence-corrected chi connectivity index (χ4v) is 1.24. The zero-order valence-electron chi connectivity index (χ0n) is 7.62. The number of methoxy groups -OCH3 is 1. The van der Waals surface area contributed by atoms with Crippen LogP contribution in [0.2, 0.25) is 0 Å². The summed E-state index contributed by atoms with van der Waals surface area (Å²) in [4.78, 5) is 6.92. The lowest BCUT2D eigenvalue weighted by atomic mass is 10.2. The Bertz CT molecular complexity index is 426. The molecule has 0 aliphatic heterocycles. The molecule has 0 amide bonds. The van der Waals surface area contributed by atoms with E-state index in [0.29, 0.717) is 11.4 Å². The quantitative estimate of drug-likeness (QED) is 0.792. The third-order valence-corrected chi connectivity index (χ3v) is 1.92. The average molecular weight is 192 g/mol. The number of benzene rings is 1. The van der Waals surface area contributed by atoms with Gasteiger partial charge in [0.25, 0.3) is 0 Å². The molecule has 4 heteroatoms. The molecule has 0 atom stereocenters. The number of nitrogens with one attached hydrogen (secondary N) is 1. The van der Waals surface area contributed by atoms with Crippen LogP contribution in [-0.2, 0) is 0 Å². The standard InChI is InChI=1S/C10H9FN2O/c1-14-9-3-2-7(6-8(9)11)10-12-4-5-13-10/h2-6H,1H3,(H,12,13). The summed E-state index contributed by atoms with van der Waals surface area (Å²) in [6.45, 7) is 0. The lowest BCUT2D eigenvalue weighted by Crippen LogP contribution is -1.89. The molecule has 0 aliphatic rings. The number of hydrogen-bond acceptors (Lipinski definition) is 2. The summed E-state index contributed by atoms with van der Waals surface area (Å²) in [6, 6.07) is 4.71. The SMILES string of the molecule is COc1ccc(-c2ncc[nH]2)cc1F. The van der Waals surface area contributed by atoms with Crippen LogP contribution in [0.5, 0.6) is 5.75 Å². The Labute approximate surface area is 80.6 Å².